The summed E-state index contributed by atoms with van der Waals surface area (Å²) in [6, 6.07) is 10.3. The van der Waals surface area contributed by atoms with E-state index in [0.717, 1.165) is 31.2 Å². The van der Waals surface area contributed by atoms with Gasteiger partial charge in [0.1, 0.15) is 11.5 Å². The van der Waals surface area contributed by atoms with Gasteiger partial charge in [0.2, 0.25) is 0 Å². The summed E-state index contributed by atoms with van der Waals surface area (Å²) < 4.78 is 37.8. The SMILES string of the molecule is CCCCCCCc1ccc(S(=O)(=O)O)cc1Oc1cccc([O-])c1.[Na+]. The van der Waals surface area contributed by atoms with Crippen LogP contribution in [0.3, 0.4) is 0 Å². The molecule has 2 rings (SSSR count). The molecular weight excluding hydrogens is 363 g/mol. The fourth-order valence-corrected chi connectivity index (χ4v) is 3.08. The second-order valence-electron chi connectivity index (χ2n) is 5.99. The zero-order valence-corrected chi connectivity index (χ0v) is 18.1. The van der Waals surface area contributed by atoms with Gasteiger partial charge in [0.05, 0.1) is 4.90 Å². The predicted octanol–water partition coefficient (Wildman–Crippen LogP) is 1.32. The Morgan fingerprint density at radius 3 is 2.42 bits per heavy atom. The van der Waals surface area contributed by atoms with Gasteiger partial charge in [-0.3, -0.25) is 4.55 Å². The standard InChI is InChI=1S/C19H24O5S.Na/c1-2-3-4-5-6-8-15-11-12-18(25(21,22)23)14-19(15)24-17-10-7-9-16(20)13-17;/h7,9-14,20H,2-6,8H2,1H3,(H,21,22,23);/q;+1/p-1. The first-order valence-corrected chi connectivity index (χ1v) is 9.89. The number of benzene rings is 2. The van der Waals surface area contributed by atoms with Crippen molar-refractivity contribution in [1.29, 1.82) is 0 Å². The minimum Gasteiger partial charge on any atom is -0.872 e. The predicted molar refractivity (Wildman–Crippen MR) is 94.7 cm³/mol. The molecule has 0 bridgehead atoms. The molecule has 0 saturated carbocycles. The number of unbranched alkanes of at least 4 members (excludes halogenated alkanes) is 4. The van der Waals surface area contributed by atoms with Crippen LogP contribution in [0.4, 0.5) is 0 Å². The monoisotopic (exact) mass is 386 g/mol. The van der Waals surface area contributed by atoms with Gasteiger partial charge in [0.25, 0.3) is 10.1 Å². The zero-order chi connectivity index (χ0) is 18.3. The third-order valence-electron chi connectivity index (χ3n) is 3.92. The van der Waals surface area contributed by atoms with E-state index in [0.29, 0.717) is 11.5 Å². The molecule has 0 spiro atoms. The average Bonchev–Trinajstić information content (AvgIpc) is 2.55. The van der Waals surface area contributed by atoms with E-state index in [1.807, 2.05) is 0 Å². The zero-order valence-electron chi connectivity index (χ0n) is 15.3. The Labute approximate surface area is 177 Å². The third kappa shape index (κ3) is 7.29. The van der Waals surface area contributed by atoms with Crippen molar-refractivity contribution in [2.45, 2.75) is 50.3 Å². The van der Waals surface area contributed by atoms with E-state index in [1.165, 1.54) is 37.1 Å². The second-order valence-corrected chi connectivity index (χ2v) is 7.41. The summed E-state index contributed by atoms with van der Waals surface area (Å²) in [7, 11) is -4.32. The molecular formula is C19H23NaO5S. The van der Waals surface area contributed by atoms with Crippen LogP contribution in [0.1, 0.15) is 44.6 Å². The summed E-state index contributed by atoms with van der Waals surface area (Å²) >= 11 is 0. The first-order chi connectivity index (χ1) is 11.9. The molecule has 2 aromatic rings. The quantitative estimate of drug-likeness (QED) is 0.399. The van der Waals surface area contributed by atoms with Crippen LogP contribution in [-0.4, -0.2) is 13.0 Å². The Balaban J connectivity index is 0.00000338. The molecule has 5 nitrogen and oxygen atoms in total. The normalized spacial score (nSPS) is 11.0. The Bertz CT molecular complexity index is 805. The summed E-state index contributed by atoms with van der Waals surface area (Å²) in [4.78, 5) is -0.226. The number of ether oxygens (including phenoxy) is 1. The van der Waals surface area contributed by atoms with Gasteiger partial charge in [-0.1, -0.05) is 50.8 Å². The Kier molecular flexibility index (Phi) is 9.68. The number of rotatable bonds is 9. The number of hydrogen-bond donors (Lipinski definition) is 1. The van der Waals surface area contributed by atoms with Crippen LogP contribution in [0, 0.1) is 0 Å². The summed E-state index contributed by atoms with van der Waals surface area (Å²) in [6.45, 7) is 2.16. The molecule has 2 aromatic carbocycles. The minimum absolute atomic E-state index is 0. The number of aryl methyl sites for hydroxylation is 1. The molecule has 0 aromatic heterocycles. The van der Waals surface area contributed by atoms with Gasteiger partial charge in [-0.15, -0.1) is 5.75 Å². The minimum atomic E-state index is -4.32. The molecule has 0 radical (unpaired) electrons. The fraction of sp³-hybridized carbons (Fsp3) is 0.368. The summed E-state index contributed by atoms with van der Waals surface area (Å²) in [6.07, 6.45) is 6.31. The van der Waals surface area contributed by atoms with Gasteiger partial charge in [0, 0.05) is 6.07 Å². The van der Waals surface area contributed by atoms with Crippen LogP contribution in [0.15, 0.2) is 47.4 Å². The smallest absolute Gasteiger partial charge is 0.872 e. The van der Waals surface area contributed by atoms with Gasteiger partial charge < -0.3 is 9.84 Å². The van der Waals surface area contributed by atoms with Crippen molar-refractivity contribution in [3.05, 3.63) is 48.0 Å². The van der Waals surface area contributed by atoms with E-state index in [2.05, 4.69) is 6.92 Å². The van der Waals surface area contributed by atoms with Gasteiger partial charge in [-0.2, -0.15) is 8.42 Å². The molecule has 26 heavy (non-hydrogen) atoms. The molecule has 7 heteroatoms. The molecule has 0 amide bonds. The maximum Gasteiger partial charge on any atom is 1.00 e. The van der Waals surface area contributed by atoms with Crippen molar-refractivity contribution in [3.63, 3.8) is 0 Å². The topological polar surface area (TPSA) is 86.7 Å². The fourth-order valence-electron chi connectivity index (χ4n) is 2.58. The van der Waals surface area contributed by atoms with E-state index in [4.69, 9.17) is 4.74 Å². The summed E-state index contributed by atoms with van der Waals surface area (Å²) in [5.74, 6) is 0.494. The van der Waals surface area contributed by atoms with Crippen LogP contribution in [-0.2, 0) is 16.5 Å². The van der Waals surface area contributed by atoms with Gasteiger partial charge in [0.15, 0.2) is 0 Å². The summed E-state index contributed by atoms with van der Waals surface area (Å²) in [5, 5.41) is 11.4. The molecule has 0 unspecified atom stereocenters. The molecule has 0 aliphatic carbocycles. The maximum absolute atomic E-state index is 11.4. The molecule has 0 aliphatic rings. The Hall–Kier alpha value is -1.05. The van der Waals surface area contributed by atoms with E-state index >= 15 is 0 Å². The molecule has 0 heterocycles. The molecule has 0 saturated heterocycles. The van der Waals surface area contributed by atoms with Crippen molar-refractivity contribution in [2.24, 2.45) is 0 Å². The Morgan fingerprint density at radius 1 is 1.04 bits per heavy atom. The Morgan fingerprint density at radius 2 is 1.77 bits per heavy atom. The molecule has 1 N–H and O–H groups in total. The van der Waals surface area contributed by atoms with Crippen LogP contribution >= 0.6 is 0 Å². The van der Waals surface area contributed by atoms with Crippen LogP contribution in [0.2, 0.25) is 0 Å². The van der Waals surface area contributed by atoms with E-state index < -0.39 is 10.1 Å². The first kappa shape index (κ1) is 23.0. The van der Waals surface area contributed by atoms with Crippen molar-refractivity contribution in [1.82, 2.24) is 0 Å². The molecule has 0 atom stereocenters. The van der Waals surface area contributed by atoms with E-state index in [1.54, 1.807) is 18.2 Å². The molecule has 0 aliphatic heterocycles. The van der Waals surface area contributed by atoms with Gasteiger partial charge in [-0.25, -0.2) is 0 Å². The van der Waals surface area contributed by atoms with Gasteiger partial charge >= 0.3 is 29.6 Å². The van der Waals surface area contributed by atoms with Crippen LogP contribution < -0.4 is 39.4 Å². The average molecular weight is 386 g/mol. The van der Waals surface area contributed by atoms with E-state index in [-0.39, 0.29) is 40.2 Å². The molecule has 0 fully saturated rings. The second kappa shape index (κ2) is 10.9. The van der Waals surface area contributed by atoms with Crippen LogP contribution in [0.5, 0.6) is 17.2 Å². The maximum atomic E-state index is 11.4. The van der Waals surface area contributed by atoms with Crippen molar-refractivity contribution < 1.29 is 52.4 Å². The molecule has 136 valence electrons. The van der Waals surface area contributed by atoms with Gasteiger partial charge in [-0.05, 0) is 36.6 Å². The first-order valence-electron chi connectivity index (χ1n) is 8.45. The number of hydrogen-bond acceptors (Lipinski definition) is 4. The third-order valence-corrected chi connectivity index (χ3v) is 4.77. The largest absolute Gasteiger partial charge is 1.00 e. The van der Waals surface area contributed by atoms with Crippen molar-refractivity contribution >= 4 is 10.1 Å². The summed E-state index contributed by atoms with van der Waals surface area (Å²) in [5.41, 5.74) is 0.847. The van der Waals surface area contributed by atoms with E-state index in [9.17, 15) is 18.1 Å². The van der Waals surface area contributed by atoms with Crippen molar-refractivity contribution in [3.8, 4) is 17.2 Å². The van der Waals surface area contributed by atoms with Crippen molar-refractivity contribution in [2.75, 3.05) is 0 Å². The van der Waals surface area contributed by atoms with Crippen LogP contribution in [0.25, 0.3) is 0 Å².